The van der Waals surface area contributed by atoms with Gasteiger partial charge in [-0.25, -0.2) is 4.98 Å². The molecule has 2 aromatic carbocycles. The zero-order chi connectivity index (χ0) is 22.3. The molecule has 0 radical (unpaired) electrons. The second kappa shape index (κ2) is 8.46. The molecule has 0 unspecified atom stereocenters. The van der Waals surface area contributed by atoms with Crippen LogP contribution in [-0.4, -0.2) is 15.5 Å². The highest BCUT2D eigenvalue weighted by molar-refractivity contribution is 7.19. The van der Waals surface area contributed by atoms with Gasteiger partial charge in [0.25, 0.3) is 5.56 Å². The number of benzene rings is 2. The lowest BCUT2D eigenvalue weighted by Crippen LogP contribution is -2.28. The van der Waals surface area contributed by atoms with Gasteiger partial charge in [0, 0.05) is 15.5 Å². The third kappa shape index (κ3) is 4.24. The first-order valence-electron chi connectivity index (χ1n) is 9.55. The molecule has 1 amide bonds. The number of hydrogen-bond acceptors (Lipinski definition) is 4. The largest absolute Gasteiger partial charge is 0.323 e. The van der Waals surface area contributed by atoms with E-state index in [4.69, 9.17) is 23.2 Å². The number of halogens is 2. The van der Waals surface area contributed by atoms with Crippen LogP contribution in [0.3, 0.4) is 0 Å². The minimum absolute atomic E-state index is 0.189. The fourth-order valence-electron chi connectivity index (χ4n) is 3.52. The van der Waals surface area contributed by atoms with Gasteiger partial charge in [-0.1, -0.05) is 47.0 Å². The van der Waals surface area contributed by atoms with Crippen LogP contribution in [0.5, 0.6) is 0 Å². The van der Waals surface area contributed by atoms with Crippen molar-refractivity contribution in [2.24, 2.45) is 0 Å². The number of aryl methyl sites for hydroxylation is 3. The van der Waals surface area contributed by atoms with Crippen molar-refractivity contribution >= 4 is 56.3 Å². The average molecular weight is 472 g/mol. The molecule has 8 heteroatoms. The van der Waals surface area contributed by atoms with Crippen molar-refractivity contribution in [2.45, 2.75) is 27.3 Å². The Balaban J connectivity index is 1.74. The number of nitrogens with zero attached hydrogens (tertiary/aromatic N) is 2. The van der Waals surface area contributed by atoms with Gasteiger partial charge < -0.3 is 5.32 Å². The number of hydrogen-bond donors (Lipinski definition) is 1. The van der Waals surface area contributed by atoms with Gasteiger partial charge in [0.05, 0.1) is 22.4 Å². The van der Waals surface area contributed by atoms with E-state index >= 15 is 0 Å². The van der Waals surface area contributed by atoms with E-state index in [1.165, 1.54) is 22.2 Å². The Labute approximate surface area is 193 Å². The van der Waals surface area contributed by atoms with Crippen molar-refractivity contribution in [1.82, 2.24) is 9.55 Å². The minimum atomic E-state index is -0.396. The normalized spacial score (nSPS) is 11.1. The number of carbonyl (C=O) groups is 1. The SMILES string of the molecule is Cc1ccc(C)c(-c2c(C)sc3ncn(CC(=O)Nc4cc(Cl)ccc4Cl)c(=O)c23)c1. The third-order valence-corrected chi connectivity index (χ3v) is 6.61. The molecule has 0 bridgehead atoms. The number of aromatic nitrogens is 2. The van der Waals surface area contributed by atoms with Gasteiger partial charge in [-0.15, -0.1) is 11.3 Å². The first-order valence-corrected chi connectivity index (χ1v) is 11.1. The average Bonchev–Trinajstić information content (AvgIpc) is 3.05. The number of rotatable bonds is 4. The Morgan fingerprint density at radius 1 is 1.13 bits per heavy atom. The Morgan fingerprint density at radius 2 is 1.90 bits per heavy atom. The van der Waals surface area contributed by atoms with Crippen LogP contribution in [0.15, 0.2) is 47.5 Å². The van der Waals surface area contributed by atoms with Crippen LogP contribution in [0.4, 0.5) is 5.69 Å². The number of amides is 1. The summed E-state index contributed by atoms with van der Waals surface area (Å²) >= 11 is 13.6. The number of nitrogens with one attached hydrogen (secondary N) is 1. The maximum absolute atomic E-state index is 13.3. The van der Waals surface area contributed by atoms with Crippen molar-refractivity contribution in [3.05, 3.63) is 79.1 Å². The van der Waals surface area contributed by atoms with E-state index in [0.717, 1.165) is 27.1 Å². The molecule has 2 heterocycles. The van der Waals surface area contributed by atoms with Crippen LogP contribution in [0.25, 0.3) is 21.3 Å². The van der Waals surface area contributed by atoms with Crippen molar-refractivity contribution in [2.75, 3.05) is 5.32 Å². The molecule has 158 valence electrons. The van der Waals surface area contributed by atoms with E-state index in [2.05, 4.69) is 16.4 Å². The summed E-state index contributed by atoms with van der Waals surface area (Å²) in [6.45, 7) is 5.84. The van der Waals surface area contributed by atoms with Gasteiger partial charge >= 0.3 is 0 Å². The first-order chi connectivity index (χ1) is 14.7. The molecule has 0 aliphatic rings. The standard InChI is InChI=1S/C23H19Cl2N3O2S/c1-12-4-5-13(2)16(8-12)20-14(3)31-22-21(20)23(30)28(11-26-22)10-19(29)27-18-9-15(24)6-7-17(18)25/h4-9,11H,10H2,1-3H3,(H,27,29). The smallest absolute Gasteiger partial charge is 0.263 e. The van der Waals surface area contributed by atoms with Crippen molar-refractivity contribution in [1.29, 1.82) is 0 Å². The summed E-state index contributed by atoms with van der Waals surface area (Å²) in [6, 6.07) is 11.0. The fraction of sp³-hybridized carbons (Fsp3) is 0.174. The summed E-state index contributed by atoms with van der Waals surface area (Å²) in [5.41, 5.74) is 4.22. The second-order valence-corrected chi connectivity index (χ2v) is 9.43. The molecule has 0 aliphatic carbocycles. The van der Waals surface area contributed by atoms with Gasteiger partial charge in [-0.2, -0.15) is 0 Å². The predicted molar refractivity (Wildman–Crippen MR) is 129 cm³/mol. The van der Waals surface area contributed by atoms with Crippen LogP contribution in [0, 0.1) is 20.8 Å². The number of thiophene rings is 1. The summed E-state index contributed by atoms with van der Waals surface area (Å²) in [5.74, 6) is -0.396. The molecule has 4 rings (SSSR count). The molecule has 0 atom stereocenters. The number of carbonyl (C=O) groups excluding carboxylic acids is 1. The number of anilines is 1. The maximum Gasteiger partial charge on any atom is 0.263 e. The second-order valence-electron chi connectivity index (χ2n) is 7.38. The van der Waals surface area contributed by atoms with Gasteiger partial charge in [-0.3, -0.25) is 14.2 Å². The maximum atomic E-state index is 13.3. The Kier molecular flexibility index (Phi) is 5.88. The topological polar surface area (TPSA) is 64.0 Å². The lowest BCUT2D eigenvalue weighted by molar-refractivity contribution is -0.116. The van der Waals surface area contributed by atoms with Gasteiger partial charge in [-0.05, 0) is 50.1 Å². The summed E-state index contributed by atoms with van der Waals surface area (Å²) in [7, 11) is 0. The van der Waals surface area contributed by atoms with Crippen LogP contribution in [0.1, 0.15) is 16.0 Å². The lowest BCUT2D eigenvalue weighted by Gasteiger charge is -2.10. The van der Waals surface area contributed by atoms with E-state index in [1.54, 1.807) is 18.2 Å². The quantitative estimate of drug-likeness (QED) is 0.397. The summed E-state index contributed by atoms with van der Waals surface area (Å²) in [6.07, 6.45) is 1.41. The third-order valence-electron chi connectivity index (χ3n) is 5.03. The van der Waals surface area contributed by atoms with E-state index < -0.39 is 5.91 Å². The highest BCUT2D eigenvalue weighted by atomic mass is 35.5. The predicted octanol–water partition coefficient (Wildman–Crippen LogP) is 6.00. The molecule has 0 saturated heterocycles. The minimum Gasteiger partial charge on any atom is -0.323 e. The van der Waals surface area contributed by atoms with Crippen molar-refractivity contribution in [3.63, 3.8) is 0 Å². The Hall–Kier alpha value is -2.67. The molecular weight excluding hydrogens is 453 g/mol. The Morgan fingerprint density at radius 3 is 2.68 bits per heavy atom. The van der Waals surface area contributed by atoms with Gasteiger partial charge in [0.2, 0.25) is 5.91 Å². The van der Waals surface area contributed by atoms with E-state index in [9.17, 15) is 9.59 Å². The highest BCUT2D eigenvalue weighted by Crippen LogP contribution is 2.37. The first kappa shape index (κ1) is 21.6. The van der Waals surface area contributed by atoms with Crippen molar-refractivity contribution in [3.8, 4) is 11.1 Å². The number of fused-ring (bicyclic) bond motifs is 1. The molecule has 0 aliphatic heterocycles. The molecule has 0 saturated carbocycles. The molecule has 4 aromatic rings. The molecule has 2 aromatic heterocycles. The van der Waals surface area contributed by atoms with Crippen molar-refractivity contribution < 1.29 is 4.79 Å². The molecule has 1 N–H and O–H groups in total. The zero-order valence-electron chi connectivity index (χ0n) is 17.1. The zero-order valence-corrected chi connectivity index (χ0v) is 19.5. The van der Waals surface area contributed by atoms with E-state index in [0.29, 0.717) is 25.9 Å². The lowest BCUT2D eigenvalue weighted by atomic mass is 9.97. The summed E-state index contributed by atoms with van der Waals surface area (Å²) in [5, 5.41) is 4.05. The Bertz CT molecular complexity index is 1390. The van der Waals surface area contributed by atoms with Crippen LogP contribution < -0.4 is 10.9 Å². The molecule has 31 heavy (non-hydrogen) atoms. The monoisotopic (exact) mass is 471 g/mol. The highest BCUT2D eigenvalue weighted by Gasteiger charge is 2.19. The molecule has 5 nitrogen and oxygen atoms in total. The van der Waals surface area contributed by atoms with Crippen LogP contribution in [0.2, 0.25) is 10.0 Å². The molecule has 0 fully saturated rings. The summed E-state index contributed by atoms with van der Waals surface area (Å²) < 4.78 is 1.32. The van der Waals surface area contributed by atoms with E-state index in [1.807, 2.05) is 32.9 Å². The van der Waals surface area contributed by atoms with Crippen LogP contribution in [-0.2, 0) is 11.3 Å². The van der Waals surface area contributed by atoms with Gasteiger partial charge in [0.15, 0.2) is 0 Å². The fourth-order valence-corrected chi connectivity index (χ4v) is 4.85. The van der Waals surface area contributed by atoms with Gasteiger partial charge in [0.1, 0.15) is 11.4 Å². The molecular formula is C23H19Cl2N3O2S. The summed E-state index contributed by atoms with van der Waals surface area (Å²) in [4.78, 5) is 32.1. The van der Waals surface area contributed by atoms with Crippen LogP contribution >= 0.6 is 34.5 Å². The van der Waals surface area contributed by atoms with E-state index in [-0.39, 0.29) is 12.1 Å². The molecule has 0 spiro atoms.